The van der Waals surface area contributed by atoms with Gasteiger partial charge in [0.25, 0.3) is 0 Å². The minimum absolute atomic E-state index is 0.0221. The lowest BCUT2D eigenvalue weighted by Crippen LogP contribution is -2.61. The zero-order valence-electron chi connectivity index (χ0n) is 23.0. The summed E-state index contributed by atoms with van der Waals surface area (Å²) in [5.41, 5.74) is -0.419. The molecule has 1 heterocycles. The van der Waals surface area contributed by atoms with E-state index in [9.17, 15) is 45.0 Å². The van der Waals surface area contributed by atoms with E-state index in [2.05, 4.69) is 10.5 Å². The Morgan fingerprint density at radius 3 is 2.56 bits per heavy atom. The van der Waals surface area contributed by atoms with E-state index in [4.69, 9.17) is 9.47 Å². The molecule has 0 aromatic carbocycles. The van der Waals surface area contributed by atoms with Crippen molar-refractivity contribution in [1.82, 2.24) is 5.43 Å². The largest absolute Gasteiger partial charge is 0.430 e. The number of hydrazone groups is 1. The molecule has 41 heavy (non-hydrogen) atoms. The van der Waals surface area contributed by atoms with E-state index in [0.29, 0.717) is 19.3 Å². The lowest BCUT2D eigenvalue weighted by molar-refractivity contribution is -0.284. The molecule has 13 nitrogen and oxygen atoms in total. The number of hydrogen-bond donors (Lipinski definition) is 7. The molecule has 1 saturated heterocycles. The summed E-state index contributed by atoms with van der Waals surface area (Å²) >= 11 is 0. The molecule has 5 aliphatic rings. The standard InChI is InChI=1S/C28H38N2O11/c1-26-7-5-14(33)9-13(26)3-4-15-16-6-8-28(39,27(16,2)10-17(34)20(15)26)19(12-32)29-30-25(38)41-24-23(37)22(36)21(35)18(11-31)40-24/h5,7,9,15-16,18,20-24,31-32,35-37,39H,3-4,6,8,10-12H2,1-2H3,(H,30,38)/b29-19+/t15-,16-,18?,20+,21+,22-,23?,24+,26-,27-,28-/m0/s1. The second-order valence-electron chi connectivity index (χ2n) is 12.4. The fraction of sp³-hybridized carbons (Fsp3) is 0.714. The molecule has 4 fully saturated rings. The maximum absolute atomic E-state index is 13.8. The average molecular weight is 579 g/mol. The van der Waals surface area contributed by atoms with Crippen LogP contribution in [0.2, 0.25) is 0 Å². The second kappa shape index (κ2) is 10.6. The van der Waals surface area contributed by atoms with Gasteiger partial charge in [0.2, 0.25) is 6.29 Å². The Bertz CT molecular complexity index is 1200. The summed E-state index contributed by atoms with van der Waals surface area (Å²) in [4.78, 5) is 38.3. The normalized spacial score (nSPS) is 45.9. The third-order valence-corrected chi connectivity index (χ3v) is 10.4. The first-order valence-corrected chi connectivity index (χ1v) is 13.9. The minimum Gasteiger partial charge on any atom is -0.415 e. The summed E-state index contributed by atoms with van der Waals surface area (Å²) in [7, 11) is 0. The number of rotatable bonds is 5. The smallest absolute Gasteiger partial charge is 0.415 e. The van der Waals surface area contributed by atoms with E-state index in [1.807, 2.05) is 19.9 Å². The Morgan fingerprint density at radius 2 is 1.88 bits per heavy atom. The first-order chi connectivity index (χ1) is 19.3. The molecule has 1 aliphatic heterocycles. The molecule has 11 atom stereocenters. The molecule has 0 aromatic rings. The van der Waals surface area contributed by atoms with Crippen LogP contribution < -0.4 is 5.43 Å². The van der Waals surface area contributed by atoms with Gasteiger partial charge < -0.3 is 40.1 Å². The Morgan fingerprint density at radius 1 is 1.15 bits per heavy atom. The average Bonchev–Trinajstić information content (AvgIpc) is 3.19. The number of amides is 1. The van der Waals surface area contributed by atoms with Crippen LogP contribution in [0.5, 0.6) is 0 Å². The van der Waals surface area contributed by atoms with Crippen LogP contribution in [0.25, 0.3) is 0 Å². The van der Waals surface area contributed by atoms with Crippen molar-refractivity contribution in [1.29, 1.82) is 0 Å². The minimum atomic E-state index is -1.82. The van der Waals surface area contributed by atoms with Gasteiger partial charge in [-0.25, -0.2) is 10.2 Å². The fourth-order valence-electron chi connectivity index (χ4n) is 8.18. The van der Waals surface area contributed by atoms with Crippen LogP contribution in [-0.4, -0.2) is 104 Å². The molecule has 0 aromatic heterocycles. The highest BCUT2D eigenvalue weighted by Gasteiger charge is 2.67. The molecule has 0 spiro atoms. The van der Waals surface area contributed by atoms with Crippen molar-refractivity contribution in [2.45, 2.75) is 82.3 Å². The summed E-state index contributed by atoms with van der Waals surface area (Å²) in [6.45, 7) is 2.37. The maximum atomic E-state index is 13.8. The van der Waals surface area contributed by atoms with E-state index < -0.39 is 66.4 Å². The van der Waals surface area contributed by atoms with Crippen LogP contribution in [0.3, 0.4) is 0 Å². The van der Waals surface area contributed by atoms with Crippen molar-refractivity contribution < 1.29 is 54.5 Å². The Hall–Kier alpha value is -2.52. The summed E-state index contributed by atoms with van der Waals surface area (Å²) in [5.74, 6) is -0.598. The third-order valence-electron chi connectivity index (χ3n) is 10.4. The summed E-state index contributed by atoms with van der Waals surface area (Å²) in [6, 6.07) is 0. The highest BCUT2D eigenvalue weighted by Crippen LogP contribution is 2.66. The van der Waals surface area contributed by atoms with Crippen LogP contribution in [-0.2, 0) is 19.1 Å². The quantitative estimate of drug-likeness (QED) is 0.156. The van der Waals surface area contributed by atoms with Gasteiger partial charge in [0.15, 0.2) is 5.78 Å². The molecular weight excluding hydrogens is 540 g/mol. The summed E-state index contributed by atoms with van der Waals surface area (Å²) < 4.78 is 10.1. The van der Waals surface area contributed by atoms with Crippen molar-refractivity contribution in [2.75, 3.05) is 13.2 Å². The number of nitrogens with zero attached hydrogens (tertiary/aromatic N) is 1. The molecule has 2 unspecified atom stereocenters. The molecule has 7 N–H and O–H groups in total. The highest BCUT2D eigenvalue weighted by atomic mass is 16.7. The van der Waals surface area contributed by atoms with Crippen molar-refractivity contribution >= 4 is 23.4 Å². The van der Waals surface area contributed by atoms with E-state index in [0.717, 1.165) is 5.57 Å². The molecular formula is C28H38N2O11. The summed E-state index contributed by atoms with van der Waals surface area (Å²) in [5, 5.41) is 65.3. The molecule has 5 rings (SSSR count). The number of aliphatic hydroxyl groups excluding tert-OH is 5. The van der Waals surface area contributed by atoms with Gasteiger partial charge in [0, 0.05) is 23.2 Å². The number of aliphatic hydroxyl groups is 6. The molecule has 1 amide bonds. The highest BCUT2D eigenvalue weighted by molar-refractivity contribution is 6.02. The maximum Gasteiger partial charge on any atom is 0.430 e. The molecule has 0 radical (unpaired) electrons. The number of fused-ring (bicyclic) bond motifs is 5. The monoisotopic (exact) mass is 578 g/mol. The van der Waals surface area contributed by atoms with Gasteiger partial charge in [-0.1, -0.05) is 25.5 Å². The predicted molar refractivity (Wildman–Crippen MR) is 140 cm³/mol. The van der Waals surface area contributed by atoms with Gasteiger partial charge in [-0.2, -0.15) is 5.10 Å². The number of carbonyl (C=O) groups is 3. The van der Waals surface area contributed by atoms with Crippen LogP contribution in [0.4, 0.5) is 4.79 Å². The number of Topliss-reactive ketones (excluding diaryl/α,β-unsaturated/α-hetero) is 1. The third kappa shape index (κ3) is 4.58. The molecule has 226 valence electrons. The van der Waals surface area contributed by atoms with E-state index in [1.54, 1.807) is 6.08 Å². The molecule has 4 aliphatic carbocycles. The number of ketones is 2. The van der Waals surface area contributed by atoms with Crippen LogP contribution in [0.15, 0.2) is 28.9 Å². The number of allylic oxidation sites excluding steroid dienone is 4. The van der Waals surface area contributed by atoms with Gasteiger partial charge >= 0.3 is 6.09 Å². The van der Waals surface area contributed by atoms with Gasteiger partial charge in [-0.05, 0) is 49.7 Å². The Labute approximate surface area is 236 Å². The summed E-state index contributed by atoms with van der Waals surface area (Å²) in [6.07, 6.45) is -2.35. The van der Waals surface area contributed by atoms with Gasteiger partial charge in [0.1, 0.15) is 35.8 Å². The van der Waals surface area contributed by atoms with Crippen molar-refractivity contribution in [3.63, 3.8) is 0 Å². The van der Waals surface area contributed by atoms with Gasteiger partial charge in [0.05, 0.1) is 18.9 Å². The fourth-order valence-corrected chi connectivity index (χ4v) is 8.18. The van der Waals surface area contributed by atoms with Gasteiger partial charge in [-0.3, -0.25) is 9.59 Å². The number of carbonyl (C=O) groups excluding carboxylic acids is 3. The van der Waals surface area contributed by atoms with E-state index in [-0.39, 0.29) is 47.9 Å². The van der Waals surface area contributed by atoms with Crippen LogP contribution in [0.1, 0.15) is 46.0 Å². The molecule has 3 saturated carbocycles. The lowest BCUT2D eigenvalue weighted by atomic mass is 9.46. The first kappa shape index (κ1) is 30.0. The predicted octanol–water partition coefficient (Wildman–Crippen LogP) is -0.921. The number of nitrogens with one attached hydrogen (secondary N) is 1. The Kier molecular flexibility index (Phi) is 7.77. The van der Waals surface area contributed by atoms with Crippen molar-refractivity contribution in [3.05, 3.63) is 23.8 Å². The molecule has 13 heteroatoms. The van der Waals surface area contributed by atoms with E-state index in [1.165, 1.54) is 6.08 Å². The SMILES string of the molecule is C[C@]12C=CC(=O)C=C1CC[C@@H]1[C@@H]2C(=O)C[C@@]2(C)[C@H]1CC[C@]2(O)/C(CO)=N/NC(=O)O[C@H]1OC(CO)[C@@H](O)[C@H](O)C1O. The number of ether oxygens (including phenoxy) is 2. The van der Waals surface area contributed by atoms with Crippen LogP contribution in [0, 0.1) is 28.6 Å². The zero-order valence-corrected chi connectivity index (χ0v) is 23.0. The number of hydrogen-bond acceptors (Lipinski definition) is 12. The Balaban J connectivity index is 1.34. The first-order valence-electron chi connectivity index (χ1n) is 13.9. The van der Waals surface area contributed by atoms with Crippen LogP contribution >= 0.6 is 0 Å². The molecule has 0 bridgehead atoms. The van der Waals surface area contributed by atoms with Crippen molar-refractivity contribution in [2.24, 2.45) is 33.7 Å². The zero-order chi connectivity index (χ0) is 29.9. The lowest BCUT2D eigenvalue weighted by Gasteiger charge is -2.57. The van der Waals surface area contributed by atoms with Gasteiger partial charge in [-0.15, -0.1) is 0 Å². The second-order valence-corrected chi connectivity index (χ2v) is 12.4. The van der Waals surface area contributed by atoms with Crippen molar-refractivity contribution in [3.8, 4) is 0 Å². The van der Waals surface area contributed by atoms with E-state index >= 15 is 0 Å². The topological polar surface area (TPSA) is 215 Å².